The van der Waals surface area contributed by atoms with Crippen molar-refractivity contribution in [2.75, 3.05) is 0 Å². The molecule has 0 bridgehead atoms. The summed E-state index contributed by atoms with van der Waals surface area (Å²) in [4.78, 5) is 22.2. The number of hydrogen-bond donors (Lipinski definition) is 2. The number of aliphatic hydroxyl groups is 1. The number of ketones is 1. The molecule has 4 nitrogen and oxygen atoms in total. The van der Waals surface area contributed by atoms with E-state index in [0.29, 0.717) is 0 Å². The predicted octanol–water partition coefficient (Wildman–Crippen LogP) is 1.01. The monoisotopic (exact) mass is 208 g/mol. The summed E-state index contributed by atoms with van der Waals surface area (Å²) < 4.78 is 0. The molecule has 0 aliphatic rings. The third-order valence-electron chi connectivity index (χ3n) is 2.17. The highest BCUT2D eigenvalue weighted by Gasteiger charge is 2.39. The zero-order valence-electron chi connectivity index (χ0n) is 8.52. The number of benzene rings is 1. The smallest absolute Gasteiger partial charge is 0.343 e. The van der Waals surface area contributed by atoms with Crippen molar-refractivity contribution in [3.63, 3.8) is 0 Å². The van der Waals surface area contributed by atoms with E-state index in [1.54, 1.807) is 12.1 Å². The molecule has 2 N–H and O–H groups in total. The minimum atomic E-state index is -2.37. The number of carbonyl (C=O) groups is 2. The van der Waals surface area contributed by atoms with Gasteiger partial charge in [-0.2, -0.15) is 0 Å². The van der Waals surface area contributed by atoms with Crippen molar-refractivity contribution in [3.8, 4) is 0 Å². The predicted molar refractivity (Wildman–Crippen MR) is 53.8 cm³/mol. The van der Waals surface area contributed by atoms with Crippen LogP contribution in [0.4, 0.5) is 0 Å². The van der Waals surface area contributed by atoms with Crippen LogP contribution in [-0.4, -0.2) is 27.6 Å². The van der Waals surface area contributed by atoms with Crippen LogP contribution < -0.4 is 0 Å². The molecule has 0 heterocycles. The summed E-state index contributed by atoms with van der Waals surface area (Å²) in [5.74, 6) is -2.36. The Labute approximate surface area is 87.2 Å². The van der Waals surface area contributed by atoms with E-state index in [2.05, 4.69) is 0 Å². The fraction of sp³-hybridized carbons (Fsp3) is 0.273. The van der Waals surface area contributed by atoms with Crippen molar-refractivity contribution < 1.29 is 19.8 Å². The Bertz CT molecular complexity index is 390. The highest BCUT2D eigenvalue weighted by Crippen LogP contribution is 2.14. The van der Waals surface area contributed by atoms with Crippen LogP contribution in [0.3, 0.4) is 0 Å². The second-order valence-corrected chi connectivity index (χ2v) is 3.57. The lowest BCUT2D eigenvalue weighted by molar-refractivity contribution is -0.151. The molecule has 4 heteroatoms. The molecule has 0 aliphatic carbocycles. The molecule has 1 aromatic rings. The largest absolute Gasteiger partial charge is 0.479 e. The normalized spacial score (nSPS) is 14.3. The van der Waals surface area contributed by atoms with Gasteiger partial charge < -0.3 is 10.2 Å². The number of Topliss-reactive ketones (excluding diaryl/α,β-unsaturated/α-hetero) is 1. The molecule has 0 amide bonds. The Morgan fingerprint density at radius 1 is 1.20 bits per heavy atom. The number of carboxylic acid groups (broad SMARTS) is 1. The lowest BCUT2D eigenvalue weighted by Crippen LogP contribution is -2.43. The van der Waals surface area contributed by atoms with Gasteiger partial charge in [-0.1, -0.05) is 29.8 Å². The third-order valence-corrected chi connectivity index (χ3v) is 2.17. The van der Waals surface area contributed by atoms with Gasteiger partial charge in [0.15, 0.2) is 0 Å². The van der Waals surface area contributed by atoms with E-state index >= 15 is 0 Å². The minimum absolute atomic E-state index is 0.188. The average molecular weight is 208 g/mol. The lowest BCUT2D eigenvalue weighted by atomic mass is 9.94. The summed E-state index contributed by atoms with van der Waals surface area (Å²) in [5.41, 5.74) is -1.22. The first-order valence-corrected chi connectivity index (χ1v) is 4.43. The number of carbonyl (C=O) groups excluding carboxylic acids is 1. The molecule has 1 aromatic carbocycles. The second kappa shape index (κ2) is 3.82. The Hall–Kier alpha value is -1.68. The Balaban J connectivity index is 3.05. The van der Waals surface area contributed by atoms with Gasteiger partial charge in [0, 0.05) is 5.56 Å². The van der Waals surface area contributed by atoms with Gasteiger partial charge >= 0.3 is 5.97 Å². The van der Waals surface area contributed by atoms with Gasteiger partial charge in [-0.25, -0.2) is 4.79 Å². The lowest BCUT2D eigenvalue weighted by Gasteiger charge is -2.16. The number of aryl methyl sites for hydroxylation is 1. The molecule has 0 radical (unpaired) electrons. The fourth-order valence-corrected chi connectivity index (χ4v) is 1.08. The van der Waals surface area contributed by atoms with Crippen LogP contribution in [-0.2, 0) is 4.79 Å². The SMILES string of the molecule is Cc1ccc(C(=O)[C@@](C)(O)C(=O)O)cc1. The van der Waals surface area contributed by atoms with Crippen molar-refractivity contribution in [2.24, 2.45) is 0 Å². The molecule has 1 atom stereocenters. The fourth-order valence-electron chi connectivity index (χ4n) is 1.08. The quantitative estimate of drug-likeness (QED) is 0.574. The molecule has 0 fully saturated rings. The summed E-state index contributed by atoms with van der Waals surface area (Å²) >= 11 is 0. The molecular formula is C11H12O4. The van der Waals surface area contributed by atoms with Crippen LogP contribution >= 0.6 is 0 Å². The van der Waals surface area contributed by atoms with Gasteiger partial charge in [-0.3, -0.25) is 4.79 Å². The van der Waals surface area contributed by atoms with E-state index in [4.69, 9.17) is 5.11 Å². The highest BCUT2D eigenvalue weighted by atomic mass is 16.4. The van der Waals surface area contributed by atoms with Crippen LogP contribution in [0.5, 0.6) is 0 Å². The van der Waals surface area contributed by atoms with Gasteiger partial charge in [-0.15, -0.1) is 0 Å². The summed E-state index contributed by atoms with van der Waals surface area (Å²) in [6.45, 7) is 2.82. The summed E-state index contributed by atoms with van der Waals surface area (Å²) in [6.07, 6.45) is 0. The zero-order valence-corrected chi connectivity index (χ0v) is 8.52. The molecule has 0 aromatic heterocycles. The number of carboxylic acids is 1. The van der Waals surface area contributed by atoms with Crippen LogP contribution in [0.1, 0.15) is 22.8 Å². The first-order valence-electron chi connectivity index (χ1n) is 4.43. The molecule has 0 aliphatic heterocycles. The average Bonchev–Trinajstić information content (AvgIpc) is 2.17. The van der Waals surface area contributed by atoms with Crippen molar-refractivity contribution in [1.29, 1.82) is 0 Å². The van der Waals surface area contributed by atoms with Crippen molar-refractivity contribution in [2.45, 2.75) is 19.4 Å². The van der Waals surface area contributed by atoms with E-state index < -0.39 is 17.4 Å². The Kier molecular flexibility index (Phi) is 2.90. The molecule has 0 saturated carbocycles. The van der Waals surface area contributed by atoms with Crippen LogP contribution in [0.2, 0.25) is 0 Å². The second-order valence-electron chi connectivity index (χ2n) is 3.57. The summed E-state index contributed by atoms with van der Waals surface area (Å²) in [7, 11) is 0. The Morgan fingerprint density at radius 2 is 1.67 bits per heavy atom. The third kappa shape index (κ3) is 2.22. The molecular weight excluding hydrogens is 196 g/mol. The maximum absolute atomic E-state index is 11.6. The highest BCUT2D eigenvalue weighted by molar-refractivity contribution is 6.14. The van der Waals surface area contributed by atoms with Gasteiger partial charge in [-0.05, 0) is 13.8 Å². The van der Waals surface area contributed by atoms with Crippen LogP contribution in [0.25, 0.3) is 0 Å². The van der Waals surface area contributed by atoms with E-state index in [-0.39, 0.29) is 5.56 Å². The van der Waals surface area contributed by atoms with Gasteiger partial charge in [0.05, 0.1) is 0 Å². The van der Waals surface area contributed by atoms with Crippen LogP contribution in [0.15, 0.2) is 24.3 Å². The molecule has 0 saturated heterocycles. The summed E-state index contributed by atoms with van der Waals surface area (Å²) in [5, 5.41) is 18.1. The summed E-state index contributed by atoms with van der Waals surface area (Å²) in [6, 6.07) is 6.36. The number of rotatable bonds is 3. The molecule has 15 heavy (non-hydrogen) atoms. The maximum Gasteiger partial charge on any atom is 0.343 e. The van der Waals surface area contributed by atoms with E-state index in [0.717, 1.165) is 12.5 Å². The van der Waals surface area contributed by atoms with Gasteiger partial charge in [0.25, 0.3) is 0 Å². The molecule has 0 spiro atoms. The van der Waals surface area contributed by atoms with Gasteiger partial charge in [0.1, 0.15) is 0 Å². The van der Waals surface area contributed by atoms with E-state index in [1.165, 1.54) is 12.1 Å². The van der Waals surface area contributed by atoms with Crippen LogP contribution in [0, 0.1) is 6.92 Å². The maximum atomic E-state index is 11.6. The standard InChI is InChI=1S/C11H12O4/c1-7-3-5-8(6-4-7)9(12)11(2,15)10(13)14/h3-6,15H,1-2H3,(H,13,14)/t11-/m1/s1. The van der Waals surface area contributed by atoms with Gasteiger partial charge in [0.2, 0.25) is 11.4 Å². The first-order chi connectivity index (χ1) is 6.85. The topological polar surface area (TPSA) is 74.6 Å². The Morgan fingerprint density at radius 3 is 2.07 bits per heavy atom. The molecule has 80 valence electrons. The first kappa shape index (κ1) is 11.4. The van der Waals surface area contributed by atoms with Crippen molar-refractivity contribution in [3.05, 3.63) is 35.4 Å². The van der Waals surface area contributed by atoms with E-state index in [1.807, 2.05) is 6.92 Å². The zero-order chi connectivity index (χ0) is 11.6. The van der Waals surface area contributed by atoms with E-state index in [9.17, 15) is 14.7 Å². The number of hydrogen-bond acceptors (Lipinski definition) is 3. The minimum Gasteiger partial charge on any atom is -0.479 e. The molecule has 0 unspecified atom stereocenters. The number of aliphatic carboxylic acids is 1. The van der Waals surface area contributed by atoms with Crippen molar-refractivity contribution >= 4 is 11.8 Å². The molecule has 1 rings (SSSR count). The van der Waals surface area contributed by atoms with Crippen molar-refractivity contribution in [1.82, 2.24) is 0 Å².